The van der Waals surface area contributed by atoms with Crippen LogP contribution in [0, 0.1) is 5.82 Å². The smallest absolute Gasteiger partial charge is 0.306 e. The molecule has 4 aromatic rings. The Kier molecular flexibility index (Phi) is 3.18. The van der Waals surface area contributed by atoms with Gasteiger partial charge in [0, 0.05) is 0 Å². The predicted octanol–water partition coefficient (Wildman–Crippen LogP) is 2.41. The third-order valence-electron chi connectivity index (χ3n) is 3.37. The third-order valence-corrected chi connectivity index (χ3v) is 5.77. The van der Waals surface area contributed by atoms with Gasteiger partial charge in [0.2, 0.25) is 0 Å². The first-order chi connectivity index (χ1) is 11.4. The number of rotatable bonds is 3. The highest BCUT2D eigenvalue weighted by molar-refractivity contribution is 7.93. The van der Waals surface area contributed by atoms with Crippen molar-refractivity contribution in [1.82, 2.24) is 15.0 Å². The molecule has 4 rings (SSSR count). The number of benzene rings is 2. The Balaban J connectivity index is 1.73. The van der Waals surface area contributed by atoms with E-state index >= 15 is 0 Å². The second-order valence-corrected chi connectivity index (χ2v) is 7.74. The Labute approximate surface area is 138 Å². The highest BCUT2D eigenvalue weighted by atomic mass is 32.2. The zero-order valence-electron chi connectivity index (χ0n) is 11.8. The molecule has 3 N–H and O–H groups in total. The molecule has 0 saturated carbocycles. The molecule has 2 aromatic heterocycles. The topological polar surface area (TPSA) is 108 Å². The van der Waals surface area contributed by atoms with Crippen molar-refractivity contribution in [2.75, 3.05) is 4.72 Å². The van der Waals surface area contributed by atoms with E-state index in [0.717, 1.165) is 11.3 Å². The lowest BCUT2D eigenvalue weighted by Crippen LogP contribution is -2.12. The van der Waals surface area contributed by atoms with E-state index in [9.17, 15) is 17.6 Å². The van der Waals surface area contributed by atoms with Crippen molar-refractivity contribution in [2.24, 2.45) is 0 Å². The second-order valence-electron chi connectivity index (χ2n) is 5.02. The molecule has 0 aliphatic rings. The first-order valence-corrected chi connectivity index (χ1v) is 9.02. The number of halogens is 1. The lowest BCUT2D eigenvalue weighted by atomic mass is 10.3. The summed E-state index contributed by atoms with van der Waals surface area (Å²) in [5, 5.41) is 0.137. The largest absolute Gasteiger partial charge is 0.323 e. The first kappa shape index (κ1) is 14.8. The summed E-state index contributed by atoms with van der Waals surface area (Å²) < 4.78 is 41.1. The normalized spacial score (nSPS) is 12.0. The highest BCUT2D eigenvalue weighted by Crippen LogP contribution is 2.28. The van der Waals surface area contributed by atoms with Gasteiger partial charge in [-0.25, -0.2) is 22.6 Å². The highest BCUT2D eigenvalue weighted by Gasteiger charge is 2.18. The molecule has 0 aliphatic carbocycles. The van der Waals surface area contributed by atoms with Gasteiger partial charge in [0.05, 0.1) is 26.1 Å². The molecule has 7 nitrogen and oxygen atoms in total. The van der Waals surface area contributed by atoms with Crippen LogP contribution in [0.5, 0.6) is 0 Å². The van der Waals surface area contributed by atoms with Crippen molar-refractivity contribution in [3.63, 3.8) is 0 Å². The molecule has 0 unspecified atom stereocenters. The molecule has 24 heavy (non-hydrogen) atoms. The summed E-state index contributed by atoms with van der Waals surface area (Å²) >= 11 is 1.04. The monoisotopic (exact) mass is 364 g/mol. The number of aromatic amines is 2. The summed E-state index contributed by atoms with van der Waals surface area (Å²) in [6.45, 7) is 0. The lowest BCUT2D eigenvalue weighted by Gasteiger charge is -2.04. The van der Waals surface area contributed by atoms with Gasteiger partial charge in [0.25, 0.3) is 10.0 Å². The van der Waals surface area contributed by atoms with E-state index in [1.54, 1.807) is 0 Å². The molecule has 0 fully saturated rings. The molecule has 0 atom stereocenters. The van der Waals surface area contributed by atoms with Gasteiger partial charge < -0.3 is 9.97 Å². The van der Waals surface area contributed by atoms with Gasteiger partial charge in [-0.2, -0.15) is 0 Å². The lowest BCUT2D eigenvalue weighted by molar-refractivity contribution is 0.601. The van der Waals surface area contributed by atoms with Gasteiger partial charge >= 0.3 is 5.69 Å². The molecule has 2 aromatic carbocycles. The summed E-state index contributed by atoms with van der Waals surface area (Å²) in [6.07, 6.45) is 0. The number of hydrogen-bond donors (Lipinski definition) is 3. The number of fused-ring (bicyclic) bond motifs is 2. The van der Waals surface area contributed by atoms with Crippen LogP contribution in [0.15, 0.2) is 46.1 Å². The van der Waals surface area contributed by atoms with Crippen LogP contribution >= 0.6 is 11.3 Å². The fourth-order valence-corrected chi connectivity index (χ4v) is 4.45. The number of thiazole rings is 1. The quantitative estimate of drug-likeness (QED) is 0.519. The Morgan fingerprint density at radius 3 is 2.71 bits per heavy atom. The molecule has 0 radical (unpaired) electrons. The SMILES string of the molecule is O=c1[nH]c2ccc(S(=O)(=O)Nc3nc4ccc(F)cc4s3)cc2[nH]1. The Hall–Kier alpha value is -2.72. The van der Waals surface area contributed by atoms with Gasteiger partial charge in [-0.05, 0) is 36.4 Å². The minimum absolute atomic E-state index is 0.0179. The molecule has 122 valence electrons. The maximum Gasteiger partial charge on any atom is 0.323 e. The molecule has 0 bridgehead atoms. The summed E-state index contributed by atoms with van der Waals surface area (Å²) in [7, 11) is -3.89. The van der Waals surface area contributed by atoms with E-state index in [4.69, 9.17) is 0 Å². The molecule has 0 spiro atoms. The van der Waals surface area contributed by atoms with Crippen molar-refractivity contribution in [2.45, 2.75) is 4.90 Å². The zero-order valence-corrected chi connectivity index (χ0v) is 13.5. The van der Waals surface area contributed by atoms with Crippen molar-refractivity contribution >= 4 is 47.7 Å². The van der Waals surface area contributed by atoms with Crippen LogP contribution in [-0.4, -0.2) is 23.4 Å². The van der Waals surface area contributed by atoms with Crippen molar-refractivity contribution < 1.29 is 12.8 Å². The van der Waals surface area contributed by atoms with Gasteiger partial charge in [0.15, 0.2) is 5.13 Å². The Morgan fingerprint density at radius 1 is 1.08 bits per heavy atom. The predicted molar refractivity (Wildman–Crippen MR) is 89.3 cm³/mol. The van der Waals surface area contributed by atoms with Crippen molar-refractivity contribution in [3.05, 3.63) is 52.7 Å². The Morgan fingerprint density at radius 2 is 1.88 bits per heavy atom. The molecular weight excluding hydrogens is 355 g/mol. The minimum Gasteiger partial charge on any atom is -0.306 e. The molecule has 2 heterocycles. The van der Waals surface area contributed by atoms with E-state index in [0.29, 0.717) is 21.3 Å². The third kappa shape index (κ3) is 2.55. The number of imidazole rings is 1. The number of aromatic nitrogens is 3. The minimum atomic E-state index is -3.89. The molecule has 10 heteroatoms. The van der Waals surface area contributed by atoms with Crippen LogP contribution in [0.2, 0.25) is 0 Å². The maximum atomic E-state index is 13.2. The van der Waals surface area contributed by atoms with E-state index in [2.05, 4.69) is 19.7 Å². The fraction of sp³-hybridized carbons (Fsp3) is 0. The number of H-pyrrole nitrogens is 2. The standard InChI is InChI=1S/C14H9FN4O3S2/c15-7-1-3-10-12(5-7)23-14(18-10)19-24(21,22)8-2-4-9-11(6-8)17-13(20)16-9/h1-6H,(H,18,19)(H2,16,17,20). The molecule has 0 aliphatic heterocycles. The summed E-state index contributed by atoms with van der Waals surface area (Å²) in [4.78, 5) is 20.4. The van der Waals surface area contributed by atoms with Gasteiger partial charge in [-0.1, -0.05) is 11.3 Å². The van der Waals surface area contributed by atoms with Crippen LogP contribution in [0.25, 0.3) is 21.3 Å². The van der Waals surface area contributed by atoms with Crippen molar-refractivity contribution in [3.8, 4) is 0 Å². The van der Waals surface area contributed by atoms with Gasteiger partial charge in [-0.3, -0.25) is 4.72 Å². The number of nitrogens with zero attached hydrogens (tertiary/aromatic N) is 1. The van der Waals surface area contributed by atoms with Gasteiger partial charge in [-0.15, -0.1) is 0 Å². The average molecular weight is 364 g/mol. The van der Waals surface area contributed by atoms with Gasteiger partial charge in [0.1, 0.15) is 5.82 Å². The number of nitrogens with one attached hydrogen (secondary N) is 3. The van der Waals surface area contributed by atoms with E-state index < -0.39 is 21.5 Å². The van der Waals surface area contributed by atoms with E-state index in [1.807, 2.05) is 0 Å². The second kappa shape index (κ2) is 5.14. The number of sulfonamides is 1. The summed E-state index contributed by atoms with van der Waals surface area (Å²) in [5.41, 5.74) is 0.980. The molecule has 0 amide bonds. The van der Waals surface area contributed by atoms with Crippen LogP contribution in [0.1, 0.15) is 0 Å². The van der Waals surface area contributed by atoms with Crippen LogP contribution in [0.3, 0.4) is 0 Å². The van der Waals surface area contributed by atoms with Crippen LogP contribution < -0.4 is 10.4 Å². The maximum absolute atomic E-state index is 13.2. The van der Waals surface area contributed by atoms with Crippen molar-refractivity contribution in [1.29, 1.82) is 0 Å². The van der Waals surface area contributed by atoms with Crippen LogP contribution in [-0.2, 0) is 10.0 Å². The average Bonchev–Trinajstić information content (AvgIpc) is 3.06. The summed E-state index contributed by atoms with van der Waals surface area (Å²) in [6, 6.07) is 8.26. The summed E-state index contributed by atoms with van der Waals surface area (Å²) in [5.74, 6) is -0.414. The Bertz CT molecular complexity index is 1240. The molecular formula is C14H9FN4O3S2. The first-order valence-electron chi connectivity index (χ1n) is 6.72. The van der Waals surface area contributed by atoms with E-state index in [-0.39, 0.29) is 10.0 Å². The number of anilines is 1. The molecule has 0 saturated heterocycles. The van der Waals surface area contributed by atoms with Crippen LogP contribution in [0.4, 0.5) is 9.52 Å². The fourth-order valence-electron chi connectivity index (χ4n) is 2.29. The van der Waals surface area contributed by atoms with E-state index in [1.165, 1.54) is 36.4 Å². The number of hydrogen-bond acceptors (Lipinski definition) is 5. The zero-order chi connectivity index (χ0) is 16.9.